The first kappa shape index (κ1) is 13.8. The molecule has 2 N–H and O–H groups in total. The first-order chi connectivity index (χ1) is 9.56. The third-order valence-electron chi connectivity index (χ3n) is 2.88. The zero-order valence-electron chi connectivity index (χ0n) is 11.4. The molecule has 0 bridgehead atoms. The molecular formula is C14H16N4O2. The van der Waals surface area contributed by atoms with Gasteiger partial charge in [-0.05, 0) is 31.2 Å². The van der Waals surface area contributed by atoms with Crippen molar-refractivity contribution in [3.63, 3.8) is 0 Å². The van der Waals surface area contributed by atoms with Crippen molar-refractivity contribution in [1.82, 2.24) is 14.9 Å². The summed E-state index contributed by atoms with van der Waals surface area (Å²) < 4.78 is 1.84. The Hall–Kier alpha value is -2.63. The van der Waals surface area contributed by atoms with Gasteiger partial charge in [-0.2, -0.15) is 0 Å². The van der Waals surface area contributed by atoms with Gasteiger partial charge in [0, 0.05) is 30.7 Å². The minimum atomic E-state index is -0.316. The molecule has 1 aromatic heterocycles. The highest BCUT2D eigenvalue weighted by Gasteiger charge is 2.05. The number of carbonyl (C=O) groups excluding carboxylic acids is 2. The standard InChI is InChI=1S/C14H16N4O2/c1-10(19)11-3-5-12(6-4-11)17-14(20)16-9-13-15-7-8-18(13)2/h3-8H,9H2,1-2H3,(H2,16,17,20). The predicted molar refractivity (Wildman–Crippen MR) is 75.5 cm³/mol. The number of rotatable bonds is 4. The molecule has 0 aliphatic rings. The highest BCUT2D eigenvalue weighted by atomic mass is 16.2. The Kier molecular flexibility index (Phi) is 4.14. The van der Waals surface area contributed by atoms with Gasteiger partial charge in [0.15, 0.2) is 5.78 Å². The Morgan fingerprint density at radius 2 is 1.95 bits per heavy atom. The monoisotopic (exact) mass is 272 g/mol. The maximum absolute atomic E-state index is 11.7. The van der Waals surface area contributed by atoms with Crippen molar-refractivity contribution in [2.45, 2.75) is 13.5 Å². The van der Waals surface area contributed by atoms with Gasteiger partial charge in [-0.25, -0.2) is 9.78 Å². The normalized spacial score (nSPS) is 10.1. The third kappa shape index (κ3) is 3.44. The van der Waals surface area contributed by atoms with Gasteiger partial charge in [0.2, 0.25) is 0 Å². The fourth-order valence-electron chi connectivity index (χ4n) is 1.69. The maximum atomic E-state index is 11.7. The minimum Gasteiger partial charge on any atom is -0.337 e. The van der Waals surface area contributed by atoms with E-state index in [0.29, 0.717) is 17.8 Å². The lowest BCUT2D eigenvalue weighted by Gasteiger charge is -2.08. The third-order valence-corrected chi connectivity index (χ3v) is 2.88. The van der Waals surface area contributed by atoms with Gasteiger partial charge in [0.25, 0.3) is 0 Å². The molecule has 0 radical (unpaired) electrons. The zero-order chi connectivity index (χ0) is 14.5. The molecule has 20 heavy (non-hydrogen) atoms. The van der Waals surface area contributed by atoms with E-state index in [4.69, 9.17) is 0 Å². The largest absolute Gasteiger partial charge is 0.337 e. The van der Waals surface area contributed by atoms with E-state index in [1.54, 1.807) is 30.5 Å². The number of imidazole rings is 1. The van der Waals surface area contributed by atoms with Crippen LogP contribution in [0.2, 0.25) is 0 Å². The van der Waals surface area contributed by atoms with E-state index in [1.165, 1.54) is 6.92 Å². The van der Waals surface area contributed by atoms with E-state index in [1.807, 2.05) is 17.8 Å². The summed E-state index contributed by atoms with van der Waals surface area (Å²) >= 11 is 0. The smallest absolute Gasteiger partial charge is 0.319 e. The van der Waals surface area contributed by atoms with Crippen molar-refractivity contribution in [2.24, 2.45) is 7.05 Å². The fraction of sp³-hybridized carbons (Fsp3) is 0.214. The van der Waals surface area contributed by atoms with Crippen LogP contribution in [0, 0.1) is 0 Å². The summed E-state index contributed by atoms with van der Waals surface area (Å²) in [5.41, 5.74) is 1.25. The molecule has 2 rings (SSSR count). The number of anilines is 1. The number of ketones is 1. The number of urea groups is 1. The number of aryl methyl sites for hydroxylation is 1. The van der Waals surface area contributed by atoms with Gasteiger partial charge < -0.3 is 15.2 Å². The van der Waals surface area contributed by atoms with Gasteiger partial charge in [-0.15, -0.1) is 0 Å². The number of nitrogens with zero attached hydrogens (tertiary/aromatic N) is 2. The van der Waals surface area contributed by atoms with Crippen LogP contribution in [0.25, 0.3) is 0 Å². The first-order valence-corrected chi connectivity index (χ1v) is 6.18. The Balaban J connectivity index is 1.88. The molecule has 104 valence electrons. The van der Waals surface area contributed by atoms with Crippen molar-refractivity contribution in [3.8, 4) is 0 Å². The summed E-state index contributed by atoms with van der Waals surface area (Å²) in [5, 5.41) is 5.40. The Morgan fingerprint density at radius 3 is 2.50 bits per heavy atom. The van der Waals surface area contributed by atoms with Crippen LogP contribution in [0.5, 0.6) is 0 Å². The van der Waals surface area contributed by atoms with E-state index >= 15 is 0 Å². The Bertz CT molecular complexity index is 616. The molecule has 1 heterocycles. The molecule has 0 spiro atoms. The molecule has 0 unspecified atom stereocenters. The summed E-state index contributed by atoms with van der Waals surface area (Å²) in [6, 6.07) is 6.42. The van der Waals surface area contributed by atoms with E-state index in [2.05, 4.69) is 15.6 Å². The minimum absolute atomic E-state index is 0.00390. The number of benzene rings is 1. The molecule has 0 atom stereocenters. The Labute approximate surface area is 116 Å². The lowest BCUT2D eigenvalue weighted by Crippen LogP contribution is -2.29. The van der Waals surface area contributed by atoms with Crippen molar-refractivity contribution in [3.05, 3.63) is 48.0 Å². The molecule has 0 aliphatic carbocycles. The lowest BCUT2D eigenvalue weighted by atomic mass is 10.1. The van der Waals surface area contributed by atoms with Gasteiger partial charge in [0.05, 0.1) is 6.54 Å². The average molecular weight is 272 g/mol. The van der Waals surface area contributed by atoms with Crippen LogP contribution in [0.4, 0.5) is 10.5 Å². The van der Waals surface area contributed by atoms with Crippen molar-refractivity contribution >= 4 is 17.5 Å². The second-order valence-corrected chi connectivity index (χ2v) is 4.40. The summed E-state index contributed by atoms with van der Waals surface area (Å²) in [5.74, 6) is 0.767. The molecule has 0 aliphatic heterocycles. The molecule has 0 saturated heterocycles. The Morgan fingerprint density at radius 1 is 1.25 bits per heavy atom. The molecule has 2 aromatic rings. The summed E-state index contributed by atoms with van der Waals surface area (Å²) in [6.07, 6.45) is 3.49. The molecular weight excluding hydrogens is 256 g/mol. The highest BCUT2D eigenvalue weighted by Crippen LogP contribution is 2.09. The number of aromatic nitrogens is 2. The zero-order valence-corrected chi connectivity index (χ0v) is 11.4. The first-order valence-electron chi connectivity index (χ1n) is 6.18. The SMILES string of the molecule is CC(=O)c1ccc(NC(=O)NCc2nccn2C)cc1. The topological polar surface area (TPSA) is 76.0 Å². The van der Waals surface area contributed by atoms with E-state index in [-0.39, 0.29) is 11.8 Å². The average Bonchev–Trinajstić information content (AvgIpc) is 2.82. The molecule has 1 aromatic carbocycles. The number of hydrogen-bond acceptors (Lipinski definition) is 3. The van der Waals surface area contributed by atoms with Gasteiger partial charge >= 0.3 is 6.03 Å². The van der Waals surface area contributed by atoms with Gasteiger partial charge in [-0.1, -0.05) is 0 Å². The summed E-state index contributed by atoms with van der Waals surface area (Å²) in [7, 11) is 1.86. The predicted octanol–water partition coefficient (Wildman–Crippen LogP) is 1.94. The van der Waals surface area contributed by atoms with Crippen LogP contribution in [-0.4, -0.2) is 21.4 Å². The van der Waals surface area contributed by atoms with Crippen molar-refractivity contribution in [1.29, 1.82) is 0 Å². The quantitative estimate of drug-likeness (QED) is 0.835. The summed E-state index contributed by atoms with van der Waals surface area (Å²) in [4.78, 5) is 27.0. The van der Waals surface area contributed by atoms with E-state index < -0.39 is 0 Å². The number of carbonyl (C=O) groups is 2. The van der Waals surface area contributed by atoms with E-state index in [9.17, 15) is 9.59 Å². The molecule has 0 fully saturated rings. The molecule has 0 saturated carbocycles. The van der Waals surface area contributed by atoms with Crippen molar-refractivity contribution in [2.75, 3.05) is 5.32 Å². The van der Waals surface area contributed by atoms with Gasteiger partial charge in [-0.3, -0.25) is 4.79 Å². The van der Waals surface area contributed by atoms with Crippen LogP contribution in [0.15, 0.2) is 36.7 Å². The molecule has 2 amide bonds. The highest BCUT2D eigenvalue weighted by molar-refractivity contribution is 5.95. The molecule has 6 nitrogen and oxygen atoms in total. The second-order valence-electron chi connectivity index (χ2n) is 4.40. The van der Waals surface area contributed by atoms with Crippen LogP contribution in [0.1, 0.15) is 23.1 Å². The van der Waals surface area contributed by atoms with E-state index in [0.717, 1.165) is 5.82 Å². The molecule has 6 heteroatoms. The van der Waals surface area contributed by atoms with Crippen molar-refractivity contribution < 1.29 is 9.59 Å². The maximum Gasteiger partial charge on any atom is 0.319 e. The van der Waals surface area contributed by atoms with Gasteiger partial charge in [0.1, 0.15) is 5.82 Å². The number of nitrogens with one attached hydrogen (secondary N) is 2. The fourth-order valence-corrected chi connectivity index (χ4v) is 1.69. The van der Waals surface area contributed by atoms with Crippen LogP contribution < -0.4 is 10.6 Å². The number of hydrogen-bond donors (Lipinski definition) is 2. The lowest BCUT2D eigenvalue weighted by molar-refractivity contribution is 0.101. The van der Waals surface area contributed by atoms with Crippen LogP contribution >= 0.6 is 0 Å². The summed E-state index contributed by atoms with van der Waals surface area (Å²) in [6.45, 7) is 1.85. The van der Waals surface area contributed by atoms with Crippen LogP contribution in [-0.2, 0) is 13.6 Å². The number of amides is 2. The number of Topliss-reactive ketones (excluding diaryl/α,β-unsaturated/α-hetero) is 1. The van der Waals surface area contributed by atoms with Crippen LogP contribution in [0.3, 0.4) is 0 Å². The second kappa shape index (κ2) is 6.01.